The first kappa shape index (κ1) is 26.9. The third-order valence-electron chi connectivity index (χ3n) is 7.50. The summed E-state index contributed by atoms with van der Waals surface area (Å²) < 4.78 is 40.6. The van der Waals surface area contributed by atoms with Crippen LogP contribution in [0.3, 0.4) is 0 Å². The van der Waals surface area contributed by atoms with Crippen molar-refractivity contribution in [1.29, 1.82) is 0 Å². The molecule has 0 bridgehead atoms. The highest BCUT2D eigenvalue weighted by molar-refractivity contribution is 6.13. The van der Waals surface area contributed by atoms with Crippen LogP contribution in [0.4, 0.5) is 13.2 Å². The van der Waals surface area contributed by atoms with Gasteiger partial charge in [0.05, 0.1) is 5.57 Å². The van der Waals surface area contributed by atoms with E-state index in [-0.39, 0.29) is 25.2 Å². The van der Waals surface area contributed by atoms with Crippen LogP contribution in [0, 0.1) is 6.92 Å². The molecule has 0 saturated carbocycles. The second-order valence-corrected chi connectivity index (χ2v) is 10.6. The number of nitrogens with one attached hydrogen (secondary N) is 2. The van der Waals surface area contributed by atoms with E-state index in [1.165, 1.54) is 4.90 Å². The number of allylic oxidation sites excluding steroid dienone is 1. The predicted octanol–water partition coefficient (Wildman–Crippen LogP) is 5.10. The highest BCUT2D eigenvalue weighted by Gasteiger charge is 2.38. The van der Waals surface area contributed by atoms with Gasteiger partial charge in [-0.3, -0.25) is 9.79 Å². The van der Waals surface area contributed by atoms with Gasteiger partial charge in [-0.05, 0) is 86.5 Å². The standard InChI is InChI=1S/C29H33F3N6O/c1-16(2)35-14-23(26(33)29(30,31)32)28(39)38-8-6-18-9-19(10-22(24(18)15-38)25-5-4-7-34-25)20-11-21-17(3)12-36-27(21)37-13-20/h9-14,16,25,34H,4-8,15,33H2,1-3H3,(H,36,37). The summed E-state index contributed by atoms with van der Waals surface area (Å²) in [4.78, 5) is 26.7. The summed E-state index contributed by atoms with van der Waals surface area (Å²) in [5.41, 5.74) is 10.6. The number of carbonyl (C=O) groups is 1. The van der Waals surface area contributed by atoms with Gasteiger partial charge in [0.1, 0.15) is 11.3 Å². The van der Waals surface area contributed by atoms with E-state index < -0.39 is 23.4 Å². The first-order valence-electron chi connectivity index (χ1n) is 13.3. The Balaban J connectivity index is 1.54. The predicted molar refractivity (Wildman–Crippen MR) is 146 cm³/mol. The molecule has 3 aromatic rings. The van der Waals surface area contributed by atoms with E-state index in [2.05, 4.69) is 38.5 Å². The largest absolute Gasteiger partial charge is 0.431 e. The normalized spacial score (nSPS) is 18.7. The summed E-state index contributed by atoms with van der Waals surface area (Å²) in [6, 6.07) is 6.23. The lowest BCUT2D eigenvalue weighted by Crippen LogP contribution is -2.40. The van der Waals surface area contributed by atoms with E-state index in [4.69, 9.17) is 5.73 Å². The van der Waals surface area contributed by atoms with Crippen molar-refractivity contribution >= 4 is 23.2 Å². The maximum atomic E-state index is 13.5. The van der Waals surface area contributed by atoms with Crippen molar-refractivity contribution in [2.75, 3.05) is 13.1 Å². The molecule has 1 saturated heterocycles. The van der Waals surface area contributed by atoms with Gasteiger partial charge in [0.15, 0.2) is 0 Å². The molecule has 1 amide bonds. The number of carbonyl (C=O) groups excluding carboxylic acids is 1. The van der Waals surface area contributed by atoms with Gasteiger partial charge in [-0.25, -0.2) is 4.98 Å². The van der Waals surface area contributed by atoms with Gasteiger partial charge in [-0.2, -0.15) is 13.2 Å². The second-order valence-electron chi connectivity index (χ2n) is 10.6. The molecule has 206 valence electrons. The average molecular weight is 539 g/mol. The van der Waals surface area contributed by atoms with Crippen LogP contribution in [0.1, 0.15) is 55.0 Å². The highest BCUT2D eigenvalue weighted by Crippen LogP contribution is 2.37. The van der Waals surface area contributed by atoms with E-state index in [9.17, 15) is 18.0 Å². The number of fused-ring (bicyclic) bond motifs is 2. The number of alkyl halides is 3. The number of benzene rings is 1. The van der Waals surface area contributed by atoms with Crippen LogP contribution in [0.5, 0.6) is 0 Å². The van der Waals surface area contributed by atoms with Crippen molar-refractivity contribution in [3.63, 3.8) is 0 Å². The lowest BCUT2D eigenvalue weighted by Gasteiger charge is -2.33. The minimum atomic E-state index is -4.83. The quantitative estimate of drug-likeness (QED) is 0.311. The Labute approximate surface area is 225 Å². The first-order chi connectivity index (χ1) is 18.5. The number of pyridine rings is 1. The molecule has 39 heavy (non-hydrogen) atoms. The number of aromatic amines is 1. The maximum absolute atomic E-state index is 13.5. The summed E-state index contributed by atoms with van der Waals surface area (Å²) in [6.07, 6.45) is 2.44. The van der Waals surface area contributed by atoms with Crippen molar-refractivity contribution in [3.8, 4) is 11.1 Å². The number of hydrogen-bond acceptors (Lipinski definition) is 5. The molecule has 1 fully saturated rings. The minimum Gasteiger partial charge on any atom is -0.394 e. The topological polar surface area (TPSA) is 99.4 Å². The smallest absolute Gasteiger partial charge is 0.394 e. The number of aryl methyl sites for hydroxylation is 1. The molecule has 2 aliphatic heterocycles. The van der Waals surface area contributed by atoms with Gasteiger partial charge in [-0.1, -0.05) is 6.07 Å². The number of halogens is 3. The Morgan fingerprint density at radius 1 is 1.26 bits per heavy atom. The van der Waals surface area contributed by atoms with Crippen LogP contribution >= 0.6 is 0 Å². The summed E-state index contributed by atoms with van der Waals surface area (Å²) in [6.45, 7) is 6.87. The van der Waals surface area contributed by atoms with Gasteiger partial charge < -0.3 is 20.9 Å². The molecule has 1 atom stereocenters. The van der Waals surface area contributed by atoms with Crippen molar-refractivity contribution in [3.05, 3.63) is 64.1 Å². The van der Waals surface area contributed by atoms with E-state index in [1.807, 2.05) is 19.3 Å². The third kappa shape index (κ3) is 5.43. The highest BCUT2D eigenvalue weighted by atomic mass is 19.4. The number of nitrogens with two attached hydrogens (primary N) is 1. The number of amides is 1. The average Bonchev–Trinajstić information content (AvgIpc) is 3.57. The van der Waals surface area contributed by atoms with Crippen LogP contribution in [-0.4, -0.2) is 52.3 Å². The molecular weight excluding hydrogens is 505 g/mol. The van der Waals surface area contributed by atoms with Crippen molar-refractivity contribution < 1.29 is 18.0 Å². The monoisotopic (exact) mass is 538 g/mol. The molecule has 1 unspecified atom stereocenters. The van der Waals surface area contributed by atoms with Gasteiger partial charge >= 0.3 is 6.18 Å². The summed E-state index contributed by atoms with van der Waals surface area (Å²) in [5.74, 6) is -0.758. The Hall–Kier alpha value is -3.66. The van der Waals surface area contributed by atoms with Crippen molar-refractivity contribution in [2.45, 2.75) is 64.8 Å². The van der Waals surface area contributed by atoms with E-state index in [0.717, 1.165) is 70.0 Å². The van der Waals surface area contributed by atoms with Crippen LogP contribution in [0.25, 0.3) is 22.2 Å². The number of nitrogens with zero attached hydrogens (tertiary/aromatic N) is 3. The van der Waals surface area contributed by atoms with Crippen LogP contribution in [-0.2, 0) is 17.8 Å². The first-order valence-corrected chi connectivity index (χ1v) is 13.3. The molecule has 2 aliphatic rings. The van der Waals surface area contributed by atoms with Crippen LogP contribution < -0.4 is 11.1 Å². The molecule has 10 heteroatoms. The van der Waals surface area contributed by atoms with Crippen molar-refractivity contribution in [2.24, 2.45) is 10.7 Å². The van der Waals surface area contributed by atoms with E-state index in [1.54, 1.807) is 13.8 Å². The Bertz CT molecular complexity index is 1460. The fraction of sp³-hybridized carbons (Fsp3) is 0.414. The molecule has 0 radical (unpaired) electrons. The molecule has 4 heterocycles. The molecule has 0 aliphatic carbocycles. The molecular formula is C29H33F3N6O. The van der Waals surface area contributed by atoms with Crippen molar-refractivity contribution in [1.82, 2.24) is 20.2 Å². The number of aliphatic imine (C=N–C) groups is 1. The fourth-order valence-corrected chi connectivity index (χ4v) is 5.38. The lowest BCUT2D eigenvalue weighted by molar-refractivity contribution is -0.128. The SMILES string of the molecule is Cc1c[nH]c2ncc(-c3cc4c(c(C5CCCN5)c3)CN(C(=O)C(C=NC(C)C)=C(N)C(F)(F)F)CC4)cc12. The van der Waals surface area contributed by atoms with Gasteiger partial charge in [0, 0.05) is 54.7 Å². The van der Waals surface area contributed by atoms with E-state index >= 15 is 0 Å². The maximum Gasteiger partial charge on any atom is 0.431 e. The Morgan fingerprint density at radius 2 is 2.05 bits per heavy atom. The fourth-order valence-electron chi connectivity index (χ4n) is 5.38. The van der Waals surface area contributed by atoms with Crippen LogP contribution in [0.2, 0.25) is 0 Å². The lowest BCUT2D eigenvalue weighted by atomic mass is 9.87. The molecule has 1 aromatic carbocycles. The summed E-state index contributed by atoms with van der Waals surface area (Å²) in [7, 11) is 0. The Kier molecular flexibility index (Phi) is 7.24. The molecule has 0 spiro atoms. The summed E-state index contributed by atoms with van der Waals surface area (Å²) >= 11 is 0. The Morgan fingerprint density at radius 3 is 2.74 bits per heavy atom. The molecule has 7 nitrogen and oxygen atoms in total. The zero-order valence-corrected chi connectivity index (χ0v) is 22.3. The van der Waals surface area contributed by atoms with Gasteiger partial charge in [0.25, 0.3) is 5.91 Å². The zero-order valence-electron chi connectivity index (χ0n) is 22.3. The van der Waals surface area contributed by atoms with E-state index in [0.29, 0.717) is 6.42 Å². The van der Waals surface area contributed by atoms with Crippen LogP contribution in [0.15, 0.2) is 46.9 Å². The summed E-state index contributed by atoms with van der Waals surface area (Å²) in [5, 5.41) is 4.61. The second kappa shape index (κ2) is 10.5. The zero-order chi connectivity index (χ0) is 27.9. The van der Waals surface area contributed by atoms with Gasteiger partial charge in [0.2, 0.25) is 0 Å². The molecule has 4 N–H and O–H groups in total. The number of aromatic nitrogens is 2. The number of rotatable bonds is 5. The van der Waals surface area contributed by atoms with Gasteiger partial charge in [-0.15, -0.1) is 0 Å². The number of H-pyrrole nitrogens is 1. The molecule has 2 aromatic heterocycles. The minimum absolute atomic E-state index is 0.109. The third-order valence-corrected chi connectivity index (χ3v) is 7.50. The molecule has 5 rings (SSSR count). The number of hydrogen-bond donors (Lipinski definition) is 3.